The number of methoxy groups -OCH3 is 1. The highest BCUT2D eigenvalue weighted by atomic mass is 32.2. The third kappa shape index (κ3) is 4.06. The second kappa shape index (κ2) is 7.58. The molecule has 2 aromatic rings. The lowest BCUT2D eigenvalue weighted by Gasteiger charge is -2.18. The zero-order chi connectivity index (χ0) is 19.6. The number of para-hydroxylation sites is 2. The molecule has 3 rings (SSSR count). The Hall–Kier alpha value is -2.58. The third-order valence-electron chi connectivity index (χ3n) is 4.61. The molecule has 1 aliphatic rings. The second-order valence-electron chi connectivity index (χ2n) is 6.58. The molecule has 1 atom stereocenters. The van der Waals surface area contributed by atoms with E-state index in [2.05, 4.69) is 4.72 Å². The molecule has 1 saturated heterocycles. The fraction of sp³-hybridized carbons (Fsp3) is 0.316. The van der Waals surface area contributed by atoms with Gasteiger partial charge in [-0.05, 0) is 43.2 Å². The van der Waals surface area contributed by atoms with Crippen LogP contribution in [-0.4, -0.2) is 45.5 Å². The number of ether oxygens (including phenoxy) is 1. The molecule has 27 heavy (non-hydrogen) atoms. The summed E-state index contributed by atoms with van der Waals surface area (Å²) in [7, 11) is -2.41. The van der Waals surface area contributed by atoms with Gasteiger partial charge < -0.3 is 15.4 Å². The van der Waals surface area contributed by atoms with E-state index in [1.54, 1.807) is 42.2 Å². The fourth-order valence-corrected chi connectivity index (χ4v) is 4.17. The lowest BCUT2D eigenvalue weighted by atomic mass is 10.1. The number of carbonyl (C=O) groups is 1. The Balaban J connectivity index is 1.91. The minimum Gasteiger partial charge on any atom is -0.495 e. The minimum atomic E-state index is -3.88. The van der Waals surface area contributed by atoms with Crippen LogP contribution in [0.5, 0.6) is 5.75 Å². The summed E-state index contributed by atoms with van der Waals surface area (Å²) in [5.41, 5.74) is 7.30. The van der Waals surface area contributed by atoms with Crippen LogP contribution in [0.4, 0.5) is 5.69 Å². The molecule has 1 fully saturated rings. The van der Waals surface area contributed by atoms with Crippen LogP contribution in [0.1, 0.15) is 22.3 Å². The first kappa shape index (κ1) is 19.2. The number of rotatable bonds is 5. The van der Waals surface area contributed by atoms with Crippen molar-refractivity contribution < 1.29 is 17.9 Å². The molecular formula is C19H23N3O4S. The standard InChI is InChI=1S/C19H23N3O4S/c1-13-7-8-15(11-16(13)19(23)22-10-9-14(20)12-22)27(24,25)21-17-5-3-4-6-18(17)26-2/h3-8,11,14,21H,9-10,12,20H2,1-2H3/t14-/m1/s1. The predicted octanol–water partition coefficient (Wildman–Crippen LogP) is 1.98. The smallest absolute Gasteiger partial charge is 0.262 e. The van der Waals surface area contributed by atoms with Crippen LogP contribution < -0.4 is 15.2 Å². The largest absolute Gasteiger partial charge is 0.495 e. The quantitative estimate of drug-likeness (QED) is 0.814. The van der Waals surface area contributed by atoms with Crippen molar-refractivity contribution in [3.63, 3.8) is 0 Å². The molecule has 2 aromatic carbocycles. The Bertz CT molecular complexity index is 959. The summed E-state index contributed by atoms with van der Waals surface area (Å²) in [6.07, 6.45) is 0.748. The summed E-state index contributed by atoms with van der Waals surface area (Å²) in [6.45, 7) is 2.85. The highest BCUT2D eigenvalue weighted by molar-refractivity contribution is 7.92. The number of anilines is 1. The molecule has 0 unspecified atom stereocenters. The van der Waals surface area contributed by atoms with Crippen molar-refractivity contribution in [1.29, 1.82) is 0 Å². The molecule has 1 amide bonds. The van der Waals surface area contributed by atoms with Gasteiger partial charge in [0.2, 0.25) is 0 Å². The van der Waals surface area contributed by atoms with Crippen LogP contribution in [0.2, 0.25) is 0 Å². The van der Waals surface area contributed by atoms with Crippen molar-refractivity contribution in [2.45, 2.75) is 24.3 Å². The maximum absolute atomic E-state index is 12.8. The van der Waals surface area contributed by atoms with Crippen molar-refractivity contribution in [3.8, 4) is 5.75 Å². The Morgan fingerprint density at radius 1 is 1.26 bits per heavy atom. The summed E-state index contributed by atoms with van der Waals surface area (Å²) in [5, 5.41) is 0. The normalized spacial score (nSPS) is 17.0. The van der Waals surface area contributed by atoms with Gasteiger partial charge in [0.1, 0.15) is 5.75 Å². The topological polar surface area (TPSA) is 102 Å². The number of hydrogen-bond acceptors (Lipinski definition) is 5. The number of amides is 1. The molecule has 0 radical (unpaired) electrons. The van der Waals surface area contributed by atoms with Gasteiger partial charge in [0, 0.05) is 24.7 Å². The van der Waals surface area contributed by atoms with Gasteiger partial charge in [0.15, 0.2) is 0 Å². The number of nitrogens with zero attached hydrogens (tertiary/aromatic N) is 1. The highest BCUT2D eigenvalue weighted by Gasteiger charge is 2.27. The molecule has 1 heterocycles. The van der Waals surface area contributed by atoms with E-state index >= 15 is 0 Å². The van der Waals surface area contributed by atoms with Crippen LogP contribution in [0.25, 0.3) is 0 Å². The highest BCUT2D eigenvalue weighted by Crippen LogP contribution is 2.27. The summed E-state index contributed by atoms with van der Waals surface area (Å²) in [6, 6.07) is 11.2. The first-order chi connectivity index (χ1) is 12.8. The monoisotopic (exact) mass is 389 g/mol. The molecule has 0 aliphatic carbocycles. The van der Waals surface area contributed by atoms with Gasteiger partial charge in [-0.3, -0.25) is 9.52 Å². The first-order valence-electron chi connectivity index (χ1n) is 8.63. The van der Waals surface area contributed by atoms with E-state index in [1.807, 2.05) is 0 Å². The molecule has 1 aliphatic heterocycles. The van der Waals surface area contributed by atoms with E-state index < -0.39 is 10.0 Å². The van der Waals surface area contributed by atoms with E-state index in [4.69, 9.17) is 10.5 Å². The molecule has 0 spiro atoms. The Kier molecular flexibility index (Phi) is 5.38. The molecule has 3 N–H and O–H groups in total. The Morgan fingerprint density at radius 3 is 2.67 bits per heavy atom. The van der Waals surface area contributed by atoms with Gasteiger partial charge in [-0.1, -0.05) is 18.2 Å². The van der Waals surface area contributed by atoms with Crippen molar-refractivity contribution in [2.75, 3.05) is 24.9 Å². The molecule has 8 heteroatoms. The number of carbonyl (C=O) groups excluding carboxylic acids is 1. The van der Waals surface area contributed by atoms with Crippen LogP contribution in [0, 0.1) is 6.92 Å². The first-order valence-corrected chi connectivity index (χ1v) is 10.1. The summed E-state index contributed by atoms with van der Waals surface area (Å²) >= 11 is 0. The Morgan fingerprint density at radius 2 is 2.00 bits per heavy atom. The van der Waals surface area contributed by atoms with Crippen LogP contribution >= 0.6 is 0 Å². The molecule has 7 nitrogen and oxygen atoms in total. The van der Waals surface area contributed by atoms with Gasteiger partial charge in [-0.25, -0.2) is 8.42 Å². The molecule has 0 saturated carbocycles. The van der Waals surface area contributed by atoms with E-state index in [0.29, 0.717) is 30.1 Å². The number of likely N-dealkylation sites (tertiary alicyclic amines) is 1. The van der Waals surface area contributed by atoms with Crippen molar-refractivity contribution in [2.24, 2.45) is 5.73 Å². The average molecular weight is 389 g/mol. The van der Waals surface area contributed by atoms with Crippen molar-refractivity contribution in [3.05, 3.63) is 53.6 Å². The number of aryl methyl sites for hydroxylation is 1. The number of nitrogens with two attached hydrogens (primary N) is 1. The van der Waals surface area contributed by atoms with E-state index in [0.717, 1.165) is 12.0 Å². The predicted molar refractivity (Wildman–Crippen MR) is 103 cm³/mol. The SMILES string of the molecule is COc1ccccc1NS(=O)(=O)c1ccc(C)c(C(=O)N2CC[C@@H](N)C2)c1. The average Bonchev–Trinajstić information content (AvgIpc) is 3.08. The van der Waals surface area contributed by atoms with Crippen molar-refractivity contribution in [1.82, 2.24) is 4.90 Å². The van der Waals surface area contributed by atoms with Gasteiger partial charge in [-0.15, -0.1) is 0 Å². The number of sulfonamides is 1. The summed E-state index contributed by atoms with van der Waals surface area (Å²) in [5.74, 6) is 0.213. The van der Waals surface area contributed by atoms with Crippen LogP contribution in [0.3, 0.4) is 0 Å². The number of benzene rings is 2. The number of nitrogens with one attached hydrogen (secondary N) is 1. The van der Waals surface area contributed by atoms with Gasteiger partial charge in [0.05, 0.1) is 17.7 Å². The summed E-state index contributed by atoms with van der Waals surface area (Å²) < 4.78 is 33.3. The maximum Gasteiger partial charge on any atom is 0.262 e. The van der Waals surface area contributed by atoms with Crippen LogP contribution in [-0.2, 0) is 10.0 Å². The minimum absolute atomic E-state index is 0.0193. The summed E-state index contributed by atoms with van der Waals surface area (Å²) in [4.78, 5) is 14.5. The Labute approximate surface area is 159 Å². The molecule has 144 valence electrons. The third-order valence-corrected chi connectivity index (χ3v) is 5.98. The van der Waals surface area contributed by atoms with E-state index in [1.165, 1.54) is 19.2 Å². The molecular weight excluding hydrogens is 366 g/mol. The maximum atomic E-state index is 12.8. The van der Waals surface area contributed by atoms with E-state index in [9.17, 15) is 13.2 Å². The van der Waals surface area contributed by atoms with Crippen LogP contribution in [0.15, 0.2) is 47.4 Å². The fourth-order valence-electron chi connectivity index (χ4n) is 3.07. The van der Waals surface area contributed by atoms with Gasteiger partial charge in [0.25, 0.3) is 15.9 Å². The van der Waals surface area contributed by atoms with Gasteiger partial charge >= 0.3 is 0 Å². The lowest BCUT2D eigenvalue weighted by Crippen LogP contribution is -2.32. The second-order valence-corrected chi connectivity index (χ2v) is 8.26. The zero-order valence-corrected chi connectivity index (χ0v) is 16.1. The van der Waals surface area contributed by atoms with Gasteiger partial charge in [-0.2, -0.15) is 0 Å². The van der Waals surface area contributed by atoms with Crippen molar-refractivity contribution >= 4 is 21.6 Å². The lowest BCUT2D eigenvalue weighted by molar-refractivity contribution is 0.0790. The molecule has 0 bridgehead atoms. The van der Waals surface area contributed by atoms with E-state index in [-0.39, 0.29) is 16.8 Å². The molecule has 0 aromatic heterocycles. The number of hydrogen-bond donors (Lipinski definition) is 2. The zero-order valence-electron chi connectivity index (χ0n) is 15.3.